The quantitative estimate of drug-likeness (QED) is 0.780. The Labute approximate surface area is 108 Å². The molecule has 0 bridgehead atoms. The highest BCUT2D eigenvalue weighted by Crippen LogP contribution is 2.25. The topological polar surface area (TPSA) is 42.2 Å². The van der Waals surface area contributed by atoms with Gasteiger partial charge in [0.2, 0.25) is 0 Å². The zero-order chi connectivity index (χ0) is 12.5. The molecule has 1 saturated heterocycles. The van der Waals surface area contributed by atoms with Gasteiger partial charge >= 0.3 is 0 Å². The van der Waals surface area contributed by atoms with Gasteiger partial charge in [-0.1, -0.05) is 0 Å². The number of hydrogen-bond donors (Lipinski definition) is 1. The van der Waals surface area contributed by atoms with Crippen molar-refractivity contribution in [3.05, 3.63) is 29.8 Å². The van der Waals surface area contributed by atoms with Crippen LogP contribution in [-0.4, -0.2) is 18.1 Å². The Kier molecular flexibility index (Phi) is 2.82. The van der Waals surface area contributed by atoms with Gasteiger partial charge in [0.05, 0.1) is 5.52 Å². The summed E-state index contributed by atoms with van der Waals surface area (Å²) < 4.78 is 0. The van der Waals surface area contributed by atoms with E-state index in [-0.39, 0.29) is 0 Å². The van der Waals surface area contributed by atoms with Crippen LogP contribution in [0.5, 0.6) is 0 Å². The summed E-state index contributed by atoms with van der Waals surface area (Å²) in [6.45, 7) is 4.40. The van der Waals surface area contributed by atoms with Crippen LogP contribution in [0.2, 0.25) is 0 Å². The van der Waals surface area contributed by atoms with Crippen molar-refractivity contribution in [1.82, 2.24) is 4.98 Å². The van der Waals surface area contributed by atoms with Crippen molar-refractivity contribution >= 4 is 22.4 Å². The summed E-state index contributed by atoms with van der Waals surface area (Å²) in [5.41, 5.74) is 8.94. The van der Waals surface area contributed by atoms with Crippen LogP contribution >= 0.6 is 0 Å². The number of fused-ring (bicyclic) bond motifs is 1. The first-order chi connectivity index (χ1) is 8.74. The van der Waals surface area contributed by atoms with Crippen LogP contribution in [0.25, 0.3) is 10.9 Å². The molecule has 3 nitrogen and oxygen atoms in total. The first-order valence-electron chi connectivity index (χ1n) is 6.66. The Morgan fingerprint density at radius 1 is 1.11 bits per heavy atom. The lowest BCUT2D eigenvalue weighted by atomic mass is 10.1. The maximum Gasteiger partial charge on any atom is 0.129 e. The third-order valence-corrected chi connectivity index (χ3v) is 3.71. The van der Waals surface area contributed by atoms with E-state index in [1.807, 2.05) is 18.2 Å². The van der Waals surface area contributed by atoms with E-state index in [1.165, 1.54) is 24.8 Å². The summed E-state index contributed by atoms with van der Waals surface area (Å²) in [4.78, 5) is 7.17. The Morgan fingerprint density at radius 3 is 2.67 bits per heavy atom. The standard InChI is InChI=1S/C15H19N3/c1-11-9-15(18-7-3-2-4-8-18)17-14-6-5-12(16)10-13(11)14/h5-6,9-10H,2-4,7-8,16H2,1H3. The number of nitrogen functional groups attached to an aromatic ring is 1. The summed E-state index contributed by atoms with van der Waals surface area (Å²) >= 11 is 0. The molecular formula is C15H19N3. The number of benzene rings is 1. The number of aromatic nitrogens is 1. The minimum Gasteiger partial charge on any atom is -0.399 e. The molecule has 3 heteroatoms. The minimum atomic E-state index is 0.804. The zero-order valence-electron chi connectivity index (χ0n) is 10.8. The van der Waals surface area contributed by atoms with Crippen LogP contribution in [0.1, 0.15) is 24.8 Å². The van der Waals surface area contributed by atoms with E-state index < -0.39 is 0 Å². The predicted octanol–water partition coefficient (Wildman–Crippen LogP) is 3.12. The highest BCUT2D eigenvalue weighted by atomic mass is 15.2. The number of rotatable bonds is 1. The molecule has 1 aromatic carbocycles. The molecule has 0 unspecified atom stereocenters. The Bertz CT molecular complexity index is 571. The van der Waals surface area contributed by atoms with Crippen LogP contribution in [0.4, 0.5) is 11.5 Å². The summed E-state index contributed by atoms with van der Waals surface area (Å²) in [6, 6.07) is 8.14. The molecular weight excluding hydrogens is 222 g/mol. The number of hydrogen-bond acceptors (Lipinski definition) is 3. The van der Waals surface area contributed by atoms with Gasteiger partial charge in [-0.25, -0.2) is 4.98 Å². The molecule has 1 aromatic heterocycles. The van der Waals surface area contributed by atoms with Gasteiger partial charge in [-0.15, -0.1) is 0 Å². The SMILES string of the molecule is Cc1cc(N2CCCCC2)nc2ccc(N)cc12. The summed E-state index contributed by atoms with van der Waals surface area (Å²) in [7, 11) is 0. The molecule has 0 atom stereocenters. The summed E-state index contributed by atoms with van der Waals surface area (Å²) in [5.74, 6) is 1.12. The molecule has 0 saturated carbocycles. The first-order valence-corrected chi connectivity index (χ1v) is 6.66. The van der Waals surface area contributed by atoms with Crippen molar-refractivity contribution in [3.63, 3.8) is 0 Å². The Hall–Kier alpha value is -1.77. The number of anilines is 2. The molecule has 0 aliphatic carbocycles. The number of aryl methyl sites for hydroxylation is 1. The molecule has 94 valence electrons. The molecule has 1 aliphatic rings. The molecule has 2 heterocycles. The lowest BCUT2D eigenvalue weighted by Gasteiger charge is -2.28. The van der Waals surface area contributed by atoms with E-state index in [9.17, 15) is 0 Å². The van der Waals surface area contributed by atoms with E-state index >= 15 is 0 Å². The van der Waals surface area contributed by atoms with E-state index in [2.05, 4.69) is 17.9 Å². The van der Waals surface area contributed by atoms with Gasteiger partial charge in [0, 0.05) is 24.2 Å². The molecule has 0 amide bonds. The molecule has 1 aliphatic heterocycles. The normalized spacial score (nSPS) is 16.2. The fourth-order valence-electron chi connectivity index (χ4n) is 2.68. The van der Waals surface area contributed by atoms with Crippen LogP contribution in [0.15, 0.2) is 24.3 Å². The lowest BCUT2D eigenvalue weighted by molar-refractivity contribution is 0.574. The second-order valence-electron chi connectivity index (χ2n) is 5.12. The van der Waals surface area contributed by atoms with Crippen LogP contribution in [0.3, 0.4) is 0 Å². The van der Waals surface area contributed by atoms with Crippen molar-refractivity contribution < 1.29 is 0 Å². The van der Waals surface area contributed by atoms with Gasteiger partial charge in [0.1, 0.15) is 5.82 Å². The molecule has 18 heavy (non-hydrogen) atoms. The monoisotopic (exact) mass is 241 g/mol. The maximum absolute atomic E-state index is 5.84. The van der Waals surface area contributed by atoms with Crippen molar-refractivity contribution in [2.75, 3.05) is 23.7 Å². The highest BCUT2D eigenvalue weighted by molar-refractivity contribution is 5.86. The van der Waals surface area contributed by atoms with Gasteiger partial charge < -0.3 is 10.6 Å². The average molecular weight is 241 g/mol. The van der Waals surface area contributed by atoms with Gasteiger partial charge in [0.15, 0.2) is 0 Å². The van der Waals surface area contributed by atoms with Gasteiger partial charge in [-0.3, -0.25) is 0 Å². The van der Waals surface area contributed by atoms with Crippen molar-refractivity contribution in [2.45, 2.75) is 26.2 Å². The molecule has 0 radical (unpaired) electrons. The van der Waals surface area contributed by atoms with Gasteiger partial charge in [-0.05, 0) is 56.0 Å². The second kappa shape index (κ2) is 4.48. The average Bonchev–Trinajstić information content (AvgIpc) is 2.40. The maximum atomic E-state index is 5.84. The van der Waals surface area contributed by atoms with E-state index in [1.54, 1.807) is 0 Å². The number of nitrogens with zero attached hydrogens (tertiary/aromatic N) is 2. The van der Waals surface area contributed by atoms with Gasteiger partial charge in [0.25, 0.3) is 0 Å². The van der Waals surface area contributed by atoms with E-state index in [0.717, 1.165) is 35.5 Å². The first kappa shape index (κ1) is 11.3. The third kappa shape index (κ3) is 2.01. The molecule has 2 aromatic rings. The fraction of sp³-hybridized carbons (Fsp3) is 0.400. The number of piperidine rings is 1. The molecule has 0 spiro atoms. The van der Waals surface area contributed by atoms with E-state index in [0.29, 0.717) is 0 Å². The van der Waals surface area contributed by atoms with Crippen molar-refractivity contribution in [3.8, 4) is 0 Å². The Morgan fingerprint density at radius 2 is 1.89 bits per heavy atom. The van der Waals surface area contributed by atoms with E-state index in [4.69, 9.17) is 10.7 Å². The second-order valence-corrected chi connectivity index (χ2v) is 5.12. The summed E-state index contributed by atoms with van der Waals surface area (Å²) in [5, 5.41) is 1.16. The van der Waals surface area contributed by atoms with Crippen molar-refractivity contribution in [1.29, 1.82) is 0 Å². The molecule has 1 fully saturated rings. The number of pyridine rings is 1. The lowest BCUT2D eigenvalue weighted by Crippen LogP contribution is -2.30. The van der Waals surface area contributed by atoms with Crippen LogP contribution in [0, 0.1) is 6.92 Å². The van der Waals surface area contributed by atoms with Crippen LogP contribution < -0.4 is 10.6 Å². The predicted molar refractivity (Wildman–Crippen MR) is 77.0 cm³/mol. The molecule has 3 rings (SSSR count). The van der Waals surface area contributed by atoms with Gasteiger partial charge in [-0.2, -0.15) is 0 Å². The Balaban J connectivity index is 2.06. The number of nitrogens with two attached hydrogens (primary N) is 1. The summed E-state index contributed by atoms with van der Waals surface area (Å²) in [6.07, 6.45) is 3.90. The third-order valence-electron chi connectivity index (χ3n) is 3.71. The van der Waals surface area contributed by atoms with Crippen molar-refractivity contribution in [2.24, 2.45) is 0 Å². The smallest absolute Gasteiger partial charge is 0.129 e. The van der Waals surface area contributed by atoms with Crippen LogP contribution in [-0.2, 0) is 0 Å². The zero-order valence-corrected chi connectivity index (χ0v) is 10.8. The fourth-order valence-corrected chi connectivity index (χ4v) is 2.68. The highest BCUT2D eigenvalue weighted by Gasteiger charge is 2.13. The largest absolute Gasteiger partial charge is 0.399 e. The minimum absolute atomic E-state index is 0.804. The molecule has 2 N–H and O–H groups in total.